The van der Waals surface area contributed by atoms with Crippen molar-refractivity contribution in [3.8, 4) is 16.9 Å². The summed E-state index contributed by atoms with van der Waals surface area (Å²) in [6.45, 7) is 4.10. The number of benzene rings is 1. The van der Waals surface area contributed by atoms with Gasteiger partial charge in [0.25, 0.3) is 11.5 Å². The van der Waals surface area contributed by atoms with E-state index in [1.165, 1.54) is 55.8 Å². The van der Waals surface area contributed by atoms with Crippen molar-refractivity contribution < 1.29 is 18.7 Å². The molecule has 4 aromatic rings. The number of hydrogen-bond acceptors (Lipinski definition) is 7. The van der Waals surface area contributed by atoms with E-state index in [1.807, 2.05) is 26.0 Å². The minimum Gasteiger partial charge on any atom is -0.495 e. The number of rotatable bonds is 9. The number of nitrogens with zero attached hydrogens (tertiary/aromatic N) is 3. The molecule has 11 heteroatoms. The van der Waals surface area contributed by atoms with Gasteiger partial charge in [-0.3, -0.25) is 19.0 Å². The Morgan fingerprint density at radius 3 is 2.54 bits per heavy atom. The average Bonchev–Trinajstić information content (AvgIpc) is 3.45. The molecule has 1 unspecified atom stereocenters. The standard InChI is InChI=1S/C28H28ClN5O5/c1-16(2)20-7-5-17(29)9-21(20)22-11-26(35)34(14-25(22)38-4)24(10-19-13-31-15-39-19)28(37)33-18-6-8-23(32-12-18)27(36)30-3/h5-9,11-16,24H,10H2,1-4H3,(H,30,36)(H,33,37). The Morgan fingerprint density at radius 1 is 1.13 bits per heavy atom. The maximum absolute atomic E-state index is 13.5. The van der Waals surface area contributed by atoms with Crippen LogP contribution in [0.5, 0.6) is 5.75 Å². The smallest absolute Gasteiger partial charge is 0.269 e. The topological polar surface area (TPSA) is 128 Å². The molecule has 0 fully saturated rings. The van der Waals surface area contributed by atoms with Crippen LogP contribution in [0.15, 0.2) is 70.6 Å². The lowest BCUT2D eigenvalue weighted by molar-refractivity contribution is -0.119. The fourth-order valence-corrected chi connectivity index (χ4v) is 4.39. The molecule has 2 N–H and O–H groups in total. The molecular weight excluding hydrogens is 522 g/mol. The van der Waals surface area contributed by atoms with Crippen LogP contribution >= 0.6 is 11.6 Å². The lowest BCUT2D eigenvalue weighted by atomic mass is 9.92. The van der Waals surface area contributed by atoms with E-state index < -0.39 is 17.5 Å². The Morgan fingerprint density at radius 2 is 1.92 bits per heavy atom. The van der Waals surface area contributed by atoms with E-state index in [1.54, 1.807) is 12.1 Å². The van der Waals surface area contributed by atoms with Crippen LogP contribution in [-0.2, 0) is 11.2 Å². The van der Waals surface area contributed by atoms with Crippen molar-refractivity contribution in [3.05, 3.63) is 93.8 Å². The number of carbonyl (C=O) groups is 2. The molecule has 0 saturated carbocycles. The van der Waals surface area contributed by atoms with E-state index in [9.17, 15) is 14.4 Å². The number of nitrogens with one attached hydrogen (secondary N) is 2. The summed E-state index contributed by atoms with van der Waals surface area (Å²) in [5.74, 6) is 0.122. The molecule has 10 nitrogen and oxygen atoms in total. The van der Waals surface area contributed by atoms with Gasteiger partial charge in [-0.15, -0.1) is 0 Å². The number of carbonyl (C=O) groups excluding carboxylic acids is 2. The highest BCUT2D eigenvalue weighted by atomic mass is 35.5. The van der Waals surface area contributed by atoms with Crippen molar-refractivity contribution in [1.29, 1.82) is 0 Å². The molecule has 202 valence electrons. The molecular formula is C28H28ClN5O5. The molecule has 0 aliphatic heterocycles. The summed E-state index contributed by atoms with van der Waals surface area (Å²) in [5, 5.41) is 5.78. The molecule has 0 radical (unpaired) electrons. The summed E-state index contributed by atoms with van der Waals surface area (Å²) < 4.78 is 12.4. The monoisotopic (exact) mass is 549 g/mol. The van der Waals surface area contributed by atoms with Gasteiger partial charge in [0.05, 0.1) is 31.4 Å². The lowest BCUT2D eigenvalue weighted by Crippen LogP contribution is -2.34. The van der Waals surface area contributed by atoms with E-state index in [4.69, 9.17) is 20.8 Å². The molecule has 3 aromatic heterocycles. The van der Waals surface area contributed by atoms with Crippen LogP contribution in [0.4, 0.5) is 5.69 Å². The SMILES string of the molecule is CNC(=O)c1ccc(NC(=O)C(Cc2cnco2)n2cc(OC)c(-c3cc(Cl)ccc3C(C)C)cc2=O)cn1. The zero-order valence-electron chi connectivity index (χ0n) is 21.9. The third-order valence-electron chi connectivity index (χ3n) is 6.20. The number of pyridine rings is 2. The maximum atomic E-state index is 13.5. The molecule has 4 rings (SSSR count). The van der Waals surface area contributed by atoms with Crippen LogP contribution in [-0.4, -0.2) is 40.5 Å². The van der Waals surface area contributed by atoms with Crippen molar-refractivity contribution in [3.63, 3.8) is 0 Å². The second-order valence-corrected chi connectivity index (χ2v) is 9.51. The van der Waals surface area contributed by atoms with E-state index in [0.29, 0.717) is 27.8 Å². The Kier molecular flexibility index (Phi) is 8.46. The predicted octanol–water partition coefficient (Wildman–Crippen LogP) is 4.47. The highest BCUT2D eigenvalue weighted by molar-refractivity contribution is 6.30. The fraction of sp³-hybridized carbons (Fsp3) is 0.250. The second-order valence-electron chi connectivity index (χ2n) is 9.08. The largest absolute Gasteiger partial charge is 0.495 e. The third-order valence-corrected chi connectivity index (χ3v) is 6.43. The first-order valence-electron chi connectivity index (χ1n) is 12.2. The Labute approximate surface area is 230 Å². The molecule has 0 aliphatic rings. The van der Waals surface area contributed by atoms with E-state index in [2.05, 4.69) is 20.6 Å². The zero-order chi connectivity index (χ0) is 28.1. The average molecular weight is 550 g/mol. The van der Waals surface area contributed by atoms with Gasteiger partial charge in [-0.1, -0.05) is 31.5 Å². The molecule has 3 heterocycles. The molecule has 0 aliphatic carbocycles. The van der Waals surface area contributed by atoms with Crippen LogP contribution in [0.25, 0.3) is 11.1 Å². The van der Waals surface area contributed by atoms with Gasteiger partial charge < -0.3 is 19.8 Å². The Hall–Kier alpha value is -4.44. The maximum Gasteiger partial charge on any atom is 0.269 e. The van der Waals surface area contributed by atoms with Crippen molar-refractivity contribution in [2.45, 2.75) is 32.2 Å². The van der Waals surface area contributed by atoms with Crippen LogP contribution in [0.1, 0.15) is 47.6 Å². The molecule has 0 spiro atoms. The van der Waals surface area contributed by atoms with Crippen molar-refractivity contribution in [2.24, 2.45) is 0 Å². The molecule has 0 bridgehead atoms. The Bertz CT molecular complexity index is 1530. The first kappa shape index (κ1) is 27.6. The number of oxazole rings is 1. The second kappa shape index (κ2) is 12.0. The number of ether oxygens (including phenoxy) is 1. The van der Waals surface area contributed by atoms with Crippen LogP contribution < -0.4 is 20.9 Å². The number of aromatic nitrogens is 3. The molecule has 1 aromatic carbocycles. The first-order chi connectivity index (χ1) is 18.7. The summed E-state index contributed by atoms with van der Waals surface area (Å²) >= 11 is 6.30. The van der Waals surface area contributed by atoms with Gasteiger partial charge in [0.2, 0.25) is 5.91 Å². The minimum atomic E-state index is -1.02. The van der Waals surface area contributed by atoms with E-state index in [0.717, 1.165) is 11.1 Å². The van der Waals surface area contributed by atoms with Gasteiger partial charge in [-0.2, -0.15) is 0 Å². The molecule has 0 saturated heterocycles. The van der Waals surface area contributed by atoms with Crippen molar-refractivity contribution in [2.75, 3.05) is 19.5 Å². The van der Waals surface area contributed by atoms with Crippen molar-refractivity contribution in [1.82, 2.24) is 19.9 Å². The number of halogens is 1. The number of hydrogen-bond donors (Lipinski definition) is 2. The summed E-state index contributed by atoms with van der Waals surface area (Å²) in [4.78, 5) is 46.8. The van der Waals surface area contributed by atoms with Gasteiger partial charge in [-0.25, -0.2) is 9.97 Å². The van der Waals surface area contributed by atoms with Gasteiger partial charge in [-0.05, 0) is 41.3 Å². The molecule has 1 atom stereocenters. The van der Waals surface area contributed by atoms with E-state index in [-0.39, 0.29) is 23.9 Å². The van der Waals surface area contributed by atoms with Crippen LogP contribution in [0.3, 0.4) is 0 Å². The van der Waals surface area contributed by atoms with E-state index >= 15 is 0 Å². The summed E-state index contributed by atoms with van der Waals surface area (Å²) in [6, 6.07) is 9.00. The van der Waals surface area contributed by atoms with Crippen LogP contribution in [0, 0.1) is 0 Å². The minimum absolute atomic E-state index is 0.0480. The molecule has 2 amide bonds. The van der Waals surface area contributed by atoms with Gasteiger partial charge >= 0.3 is 0 Å². The third kappa shape index (κ3) is 6.18. The summed E-state index contributed by atoms with van der Waals surface area (Å²) in [7, 11) is 3.00. The van der Waals surface area contributed by atoms with Gasteiger partial charge in [0, 0.05) is 30.1 Å². The quantitative estimate of drug-likeness (QED) is 0.315. The normalized spacial score (nSPS) is 11.7. The predicted molar refractivity (Wildman–Crippen MR) is 147 cm³/mol. The van der Waals surface area contributed by atoms with Crippen LogP contribution in [0.2, 0.25) is 5.02 Å². The van der Waals surface area contributed by atoms with Gasteiger partial charge in [0.1, 0.15) is 23.2 Å². The summed E-state index contributed by atoms with van der Waals surface area (Å²) in [6.07, 6.45) is 5.66. The Balaban J connectivity index is 1.75. The highest BCUT2D eigenvalue weighted by Gasteiger charge is 2.26. The first-order valence-corrected chi connectivity index (χ1v) is 12.6. The highest BCUT2D eigenvalue weighted by Crippen LogP contribution is 2.36. The fourth-order valence-electron chi connectivity index (χ4n) is 4.22. The number of methoxy groups -OCH3 is 1. The van der Waals surface area contributed by atoms with Crippen molar-refractivity contribution >= 4 is 29.1 Å². The number of amides is 2. The number of anilines is 1. The zero-order valence-corrected chi connectivity index (χ0v) is 22.7. The van der Waals surface area contributed by atoms with Gasteiger partial charge in [0.15, 0.2) is 6.39 Å². The summed E-state index contributed by atoms with van der Waals surface area (Å²) in [5.41, 5.74) is 2.47. The molecule has 39 heavy (non-hydrogen) atoms. The lowest BCUT2D eigenvalue weighted by Gasteiger charge is -2.21.